The lowest BCUT2D eigenvalue weighted by molar-refractivity contribution is 0.101. The number of aryl methyl sites for hydroxylation is 2. The van der Waals surface area contributed by atoms with Crippen LogP contribution in [0.4, 0.5) is 5.82 Å². The van der Waals surface area contributed by atoms with Crippen LogP contribution in [0, 0.1) is 6.92 Å². The van der Waals surface area contributed by atoms with E-state index in [0.717, 1.165) is 16.7 Å². The maximum absolute atomic E-state index is 12.3. The first-order chi connectivity index (χ1) is 10.1. The molecule has 2 aromatic heterocycles. The van der Waals surface area contributed by atoms with Gasteiger partial charge in [-0.05, 0) is 31.2 Å². The van der Waals surface area contributed by atoms with E-state index in [-0.39, 0.29) is 5.91 Å². The topological polar surface area (TPSA) is 69.3 Å². The van der Waals surface area contributed by atoms with E-state index in [0.29, 0.717) is 17.3 Å². The fourth-order valence-corrected chi connectivity index (χ4v) is 2.28. The summed E-state index contributed by atoms with van der Waals surface area (Å²) in [6.07, 6.45) is 0. The molecule has 0 saturated carbocycles. The van der Waals surface area contributed by atoms with Crippen LogP contribution in [0.2, 0.25) is 0 Å². The summed E-state index contributed by atoms with van der Waals surface area (Å²) in [5.41, 5.74) is 1.50. The van der Waals surface area contributed by atoms with E-state index in [4.69, 9.17) is 9.26 Å². The Kier molecular flexibility index (Phi) is 3.13. The minimum Gasteiger partial charge on any atom is -0.497 e. The van der Waals surface area contributed by atoms with Crippen LogP contribution < -0.4 is 10.1 Å². The van der Waals surface area contributed by atoms with Crippen LogP contribution in [-0.4, -0.2) is 22.7 Å². The summed E-state index contributed by atoms with van der Waals surface area (Å²) in [7, 11) is 3.46. The average molecular weight is 285 g/mol. The first kappa shape index (κ1) is 13.2. The number of rotatable bonds is 3. The lowest BCUT2D eigenvalue weighted by atomic mass is 10.2. The summed E-state index contributed by atoms with van der Waals surface area (Å²) in [6, 6.07) is 9.17. The Morgan fingerprint density at radius 3 is 2.81 bits per heavy atom. The van der Waals surface area contributed by atoms with Gasteiger partial charge in [0, 0.05) is 24.0 Å². The van der Waals surface area contributed by atoms with Crippen molar-refractivity contribution in [3.63, 3.8) is 0 Å². The molecule has 0 atom stereocenters. The number of methoxy groups -OCH3 is 1. The van der Waals surface area contributed by atoms with Crippen LogP contribution in [0.5, 0.6) is 5.75 Å². The van der Waals surface area contributed by atoms with Crippen LogP contribution in [-0.2, 0) is 7.05 Å². The molecule has 2 heterocycles. The Bertz CT molecular complexity index is 817. The molecule has 3 aromatic rings. The van der Waals surface area contributed by atoms with Crippen LogP contribution >= 0.6 is 0 Å². The minimum absolute atomic E-state index is 0.235. The summed E-state index contributed by atoms with van der Waals surface area (Å²) in [6.45, 7) is 1.77. The molecule has 0 fully saturated rings. The van der Waals surface area contributed by atoms with Gasteiger partial charge in [0.2, 0.25) is 0 Å². The van der Waals surface area contributed by atoms with Gasteiger partial charge in [0.25, 0.3) is 5.91 Å². The van der Waals surface area contributed by atoms with Crippen molar-refractivity contribution >= 4 is 22.6 Å². The monoisotopic (exact) mass is 285 g/mol. The Balaban J connectivity index is 1.96. The van der Waals surface area contributed by atoms with E-state index in [1.54, 1.807) is 20.1 Å². The molecule has 0 aliphatic heterocycles. The van der Waals surface area contributed by atoms with Crippen LogP contribution in [0.3, 0.4) is 0 Å². The van der Waals surface area contributed by atoms with Gasteiger partial charge >= 0.3 is 0 Å². The zero-order chi connectivity index (χ0) is 15.0. The number of nitrogens with zero attached hydrogens (tertiary/aromatic N) is 2. The van der Waals surface area contributed by atoms with Crippen molar-refractivity contribution in [1.29, 1.82) is 0 Å². The zero-order valence-electron chi connectivity index (χ0n) is 12.0. The lowest BCUT2D eigenvalue weighted by Crippen LogP contribution is -2.15. The number of nitrogens with one attached hydrogen (secondary N) is 1. The molecule has 1 aromatic carbocycles. The van der Waals surface area contributed by atoms with Gasteiger partial charge in [0.15, 0.2) is 5.82 Å². The highest BCUT2D eigenvalue weighted by Crippen LogP contribution is 2.24. The third-order valence-electron chi connectivity index (χ3n) is 3.35. The van der Waals surface area contributed by atoms with Crippen molar-refractivity contribution in [2.75, 3.05) is 12.4 Å². The number of hydrogen-bond acceptors (Lipinski definition) is 4. The Labute approximate surface area is 121 Å². The summed E-state index contributed by atoms with van der Waals surface area (Å²) in [4.78, 5) is 12.3. The maximum atomic E-state index is 12.3. The number of fused-ring (bicyclic) bond motifs is 1. The van der Waals surface area contributed by atoms with E-state index < -0.39 is 0 Å². The molecule has 0 aliphatic carbocycles. The van der Waals surface area contributed by atoms with Gasteiger partial charge in [-0.25, -0.2) is 0 Å². The molecule has 1 amide bonds. The fourth-order valence-electron chi connectivity index (χ4n) is 2.28. The molecule has 0 radical (unpaired) electrons. The first-order valence-electron chi connectivity index (χ1n) is 6.46. The van der Waals surface area contributed by atoms with Gasteiger partial charge < -0.3 is 19.1 Å². The highest BCUT2D eigenvalue weighted by atomic mass is 16.5. The number of anilines is 1. The summed E-state index contributed by atoms with van der Waals surface area (Å²) in [5.74, 6) is 1.57. The lowest BCUT2D eigenvalue weighted by Gasteiger charge is -2.04. The third kappa shape index (κ3) is 2.35. The van der Waals surface area contributed by atoms with E-state index in [9.17, 15) is 4.79 Å². The molecule has 3 rings (SSSR count). The molecule has 0 unspecified atom stereocenters. The van der Waals surface area contributed by atoms with Crippen molar-refractivity contribution < 1.29 is 14.1 Å². The Morgan fingerprint density at radius 2 is 2.14 bits per heavy atom. The second-order valence-corrected chi connectivity index (χ2v) is 4.79. The van der Waals surface area contributed by atoms with Crippen molar-refractivity contribution in [2.24, 2.45) is 7.05 Å². The van der Waals surface area contributed by atoms with Gasteiger partial charge in [-0.3, -0.25) is 4.79 Å². The van der Waals surface area contributed by atoms with Crippen LogP contribution in [0.15, 0.2) is 34.9 Å². The number of benzene rings is 1. The van der Waals surface area contributed by atoms with E-state index in [1.165, 1.54) is 0 Å². The van der Waals surface area contributed by atoms with E-state index >= 15 is 0 Å². The van der Waals surface area contributed by atoms with Crippen LogP contribution in [0.1, 0.15) is 16.2 Å². The van der Waals surface area contributed by atoms with Gasteiger partial charge in [-0.1, -0.05) is 5.16 Å². The molecule has 0 aliphatic rings. The molecule has 6 heteroatoms. The molecule has 1 N–H and O–H groups in total. The number of ether oxygens (including phenoxy) is 1. The van der Waals surface area contributed by atoms with Gasteiger partial charge in [-0.2, -0.15) is 0 Å². The number of carbonyl (C=O) groups excluding carboxylic acids is 1. The van der Waals surface area contributed by atoms with Gasteiger partial charge in [-0.15, -0.1) is 0 Å². The second kappa shape index (κ2) is 4.97. The van der Waals surface area contributed by atoms with Crippen molar-refractivity contribution in [3.05, 3.63) is 41.8 Å². The summed E-state index contributed by atoms with van der Waals surface area (Å²) < 4.78 is 12.0. The smallest absolute Gasteiger partial charge is 0.273 e. The maximum Gasteiger partial charge on any atom is 0.273 e. The predicted octanol–water partition coefficient (Wildman–Crippen LogP) is 2.74. The minimum atomic E-state index is -0.235. The highest BCUT2D eigenvalue weighted by molar-refractivity contribution is 6.06. The average Bonchev–Trinajstić information content (AvgIpc) is 3.02. The van der Waals surface area contributed by atoms with E-state index in [2.05, 4.69) is 10.5 Å². The molecule has 21 heavy (non-hydrogen) atoms. The SMILES string of the molecule is COc1ccc2c(c1)cc(C(=O)Nc1cc(C)on1)n2C. The Hall–Kier alpha value is -2.76. The standard InChI is InChI=1S/C15H15N3O3/c1-9-6-14(17-21-9)16-15(19)13-8-10-7-11(20-3)4-5-12(10)18(13)2/h4-8H,1-3H3,(H,16,17,19). The number of amides is 1. The van der Waals surface area contributed by atoms with Crippen LogP contribution in [0.25, 0.3) is 10.9 Å². The second-order valence-electron chi connectivity index (χ2n) is 4.79. The number of aromatic nitrogens is 2. The largest absolute Gasteiger partial charge is 0.497 e. The molecule has 6 nitrogen and oxygen atoms in total. The fraction of sp³-hybridized carbons (Fsp3) is 0.200. The van der Waals surface area contributed by atoms with Crippen molar-refractivity contribution in [1.82, 2.24) is 9.72 Å². The molecule has 0 bridgehead atoms. The molecular formula is C15H15N3O3. The molecule has 108 valence electrons. The normalized spacial score (nSPS) is 10.8. The third-order valence-corrected chi connectivity index (χ3v) is 3.35. The van der Waals surface area contributed by atoms with Crippen molar-refractivity contribution in [2.45, 2.75) is 6.92 Å². The van der Waals surface area contributed by atoms with Gasteiger partial charge in [0.05, 0.1) is 7.11 Å². The zero-order valence-corrected chi connectivity index (χ0v) is 12.0. The molecular weight excluding hydrogens is 270 g/mol. The molecule has 0 spiro atoms. The molecule has 0 saturated heterocycles. The van der Waals surface area contributed by atoms with Crippen molar-refractivity contribution in [3.8, 4) is 5.75 Å². The Morgan fingerprint density at radius 1 is 1.33 bits per heavy atom. The van der Waals surface area contributed by atoms with E-state index in [1.807, 2.05) is 35.9 Å². The number of carbonyl (C=O) groups is 1. The first-order valence-corrected chi connectivity index (χ1v) is 6.46. The summed E-state index contributed by atoms with van der Waals surface area (Å²) in [5, 5.41) is 7.41. The predicted molar refractivity (Wildman–Crippen MR) is 78.7 cm³/mol. The highest BCUT2D eigenvalue weighted by Gasteiger charge is 2.15. The quantitative estimate of drug-likeness (QED) is 0.803. The number of hydrogen-bond donors (Lipinski definition) is 1. The summed E-state index contributed by atoms with van der Waals surface area (Å²) >= 11 is 0. The van der Waals surface area contributed by atoms with Gasteiger partial charge in [0.1, 0.15) is 17.2 Å².